The minimum Gasteiger partial charge on any atom is -0.455 e. The highest BCUT2D eigenvalue weighted by Crippen LogP contribution is 2.39. The van der Waals surface area contributed by atoms with E-state index in [1.807, 2.05) is 18.2 Å². The van der Waals surface area contributed by atoms with E-state index in [1.165, 1.54) is 11.1 Å². The van der Waals surface area contributed by atoms with Crippen molar-refractivity contribution >= 4 is 38.7 Å². The average Bonchev–Trinajstić information content (AvgIpc) is 3.66. The van der Waals surface area contributed by atoms with Gasteiger partial charge in [-0.25, -0.2) is 24.9 Å². The second-order valence-electron chi connectivity index (χ2n) is 14.2. The van der Waals surface area contributed by atoms with Crippen LogP contribution in [-0.2, 0) is 0 Å². The van der Waals surface area contributed by atoms with Gasteiger partial charge in [0.05, 0.1) is 11.4 Å². The summed E-state index contributed by atoms with van der Waals surface area (Å²) in [7, 11) is 0. The van der Waals surface area contributed by atoms with Crippen molar-refractivity contribution in [2.45, 2.75) is 38.0 Å². The Hall–Kier alpha value is -6.79. The number of rotatable bonds is 7. The van der Waals surface area contributed by atoms with E-state index in [4.69, 9.17) is 29.3 Å². The van der Waals surface area contributed by atoms with Crippen LogP contribution in [0.5, 0.6) is 0 Å². The van der Waals surface area contributed by atoms with Crippen LogP contribution < -0.4 is 0 Å². The number of hydrogen-bond donors (Lipinski definition) is 0. The van der Waals surface area contributed by atoms with Gasteiger partial charge in [-0.3, -0.25) is 0 Å². The molecule has 264 valence electrons. The van der Waals surface area contributed by atoms with Crippen LogP contribution in [0.25, 0.3) is 72.6 Å². The SMILES string of the molecule is C1=CCC(c2nc(C3=CCCC=C3)nc(-c3ccc4c(c3)oc3c(-c5cc(-c6ccccc6)nc(C6=CC=C(c7ccccc7)CC6)n5)cccc34)n2)C=C1. The second-order valence-corrected chi connectivity index (χ2v) is 14.2. The molecule has 55 heavy (non-hydrogen) atoms. The molecule has 0 amide bonds. The standard InChI is InChI=1S/C49H37N5O/c1-5-14-32(15-6-1)33-24-26-37(27-25-33)46-50-42(34-16-7-2-8-17-34)31-43(51-46)41-23-13-22-40-39-29-28-38(30-44(39)55-45(40)41)49-53-47(35-18-9-3-10-19-35)52-48(54-49)36-20-11-4-12-21-36/h1-3,5-11,13-18,20-24,26,28-31,35H,4,12,19,25,27H2. The van der Waals surface area contributed by atoms with Gasteiger partial charge in [0, 0.05) is 39.0 Å². The predicted molar refractivity (Wildman–Crippen MR) is 223 cm³/mol. The van der Waals surface area contributed by atoms with E-state index in [1.54, 1.807) is 0 Å². The Morgan fingerprint density at radius 3 is 2.15 bits per heavy atom. The van der Waals surface area contributed by atoms with Crippen molar-refractivity contribution < 1.29 is 4.42 Å². The highest BCUT2D eigenvalue weighted by molar-refractivity contribution is 6.10. The molecule has 1 unspecified atom stereocenters. The highest BCUT2D eigenvalue weighted by Gasteiger charge is 2.21. The molecule has 0 spiro atoms. The number of hydrogen-bond acceptors (Lipinski definition) is 6. The molecule has 0 bridgehead atoms. The molecule has 10 rings (SSSR count). The number of fused-ring (bicyclic) bond motifs is 3. The lowest BCUT2D eigenvalue weighted by Gasteiger charge is -2.16. The topological polar surface area (TPSA) is 77.6 Å². The van der Waals surface area contributed by atoms with E-state index < -0.39 is 0 Å². The molecule has 0 fully saturated rings. The summed E-state index contributed by atoms with van der Waals surface area (Å²) >= 11 is 0. The van der Waals surface area contributed by atoms with Crippen LogP contribution in [0.2, 0.25) is 0 Å². The zero-order chi connectivity index (χ0) is 36.6. The molecule has 1 atom stereocenters. The van der Waals surface area contributed by atoms with Gasteiger partial charge in [-0.1, -0.05) is 134 Å². The van der Waals surface area contributed by atoms with Gasteiger partial charge < -0.3 is 4.42 Å². The first kappa shape index (κ1) is 32.8. The molecule has 0 saturated carbocycles. The molecule has 0 saturated heterocycles. The van der Waals surface area contributed by atoms with Gasteiger partial charge >= 0.3 is 0 Å². The summed E-state index contributed by atoms with van der Waals surface area (Å²) in [6.45, 7) is 0. The molecule has 3 heterocycles. The number of aromatic nitrogens is 5. The van der Waals surface area contributed by atoms with Crippen molar-refractivity contribution in [2.75, 3.05) is 0 Å². The third-order valence-corrected chi connectivity index (χ3v) is 10.6. The Morgan fingerprint density at radius 2 is 1.36 bits per heavy atom. The maximum atomic E-state index is 6.79. The van der Waals surface area contributed by atoms with Gasteiger partial charge in [-0.15, -0.1) is 0 Å². The lowest BCUT2D eigenvalue weighted by atomic mass is 9.93. The van der Waals surface area contributed by atoms with E-state index in [-0.39, 0.29) is 5.92 Å². The average molecular weight is 712 g/mol. The Kier molecular flexibility index (Phi) is 8.49. The summed E-state index contributed by atoms with van der Waals surface area (Å²) in [5.74, 6) is 2.97. The first-order chi connectivity index (χ1) is 27.2. The van der Waals surface area contributed by atoms with E-state index in [2.05, 4.69) is 140 Å². The van der Waals surface area contributed by atoms with Gasteiger partial charge in [0.15, 0.2) is 17.5 Å². The fraction of sp³-hybridized carbons (Fsp3) is 0.122. The van der Waals surface area contributed by atoms with Crippen LogP contribution >= 0.6 is 0 Å². The molecular formula is C49H37N5O. The Bertz CT molecular complexity index is 2790. The molecule has 6 nitrogen and oxygen atoms in total. The van der Waals surface area contributed by atoms with Crippen LogP contribution in [0.3, 0.4) is 0 Å². The monoisotopic (exact) mass is 711 g/mol. The summed E-state index contributed by atoms with van der Waals surface area (Å²) in [5, 5.41) is 2.06. The van der Waals surface area contributed by atoms with E-state index in [0.717, 1.165) is 105 Å². The molecule has 6 heteroatoms. The molecule has 3 aliphatic rings. The Balaban J connectivity index is 1.08. The molecule has 3 aromatic heterocycles. The maximum Gasteiger partial charge on any atom is 0.163 e. The largest absolute Gasteiger partial charge is 0.455 e. The van der Waals surface area contributed by atoms with Gasteiger partial charge in [0.1, 0.15) is 17.0 Å². The molecule has 0 radical (unpaired) electrons. The Labute approximate surface area is 319 Å². The number of nitrogens with zero attached hydrogens (tertiary/aromatic N) is 5. The molecule has 3 aliphatic carbocycles. The van der Waals surface area contributed by atoms with Crippen molar-refractivity contribution in [1.82, 2.24) is 24.9 Å². The third kappa shape index (κ3) is 6.46. The first-order valence-corrected chi connectivity index (χ1v) is 19.1. The zero-order valence-electron chi connectivity index (χ0n) is 30.3. The van der Waals surface area contributed by atoms with Gasteiger partial charge in [0.25, 0.3) is 0 Å². The highest BCUT2D eigenvalue weighted by atomic mass is 16.3. The number of benzene rings is 4. The molecule has 0 aliphatic heterocycles. The van der Waals surface area contributed by atoms with E-state index in [0.29, 0.717) is 11.6 Å². The quantitative estimate of drug-likeness (QED) is 0.164. The summed E-state index contributed by atoms with van der Waals surface area (Å²) in [6.07, 6.45) is 24.1. The minimum atomic E-state index is 0.0981. The summed E-state index contributed by atoms with van der Waals surface area (Å²) < 4.78 is 6.79. The maximum absolute atomic E-state index is 6.79. The molecule has 0 N–H and O–H groups in total. The molecule has 4 aromatic carbocycles. The van der Waals surface area contributed by atoms with Crippen molar-refractivity contribution in [3.05, 3.63) is 181 Å². The normalized spacial score (nSPS) is 16.7. The molecule has 7 aromatic rings. The van der Waals surface area contributed by atoms with Gasteiger partial charge in [-0.05, 0) is 73.1 Å². The Morgan fingerprint density at radius 1 is 0.564 bits per heavy atom. The number of furan rings is 1. The fourth-order valence-corrected chi connectivity index (χ4v) is 7.71. The number of para-hydroxylation sites is 1. The lowest BCUT2D eigenvalue weighted by Crippen LogP contribution is -2.09. The van der Waals surface area contributed by atoms with Crippen LogP contribution in [-0.4, -0.2) is 24.9 Å². The van der Waals surface area contributed by atoms with Gasteiger partial charge in [-0.2, -0.15) is 0 Å². The van der Waals surface area contributed by atoms with Crippen LogP contribution in [0.15, 0.2) is 162 Å². The van der Waals surface area contributed by atoms with E-state index in [9.17, 15) is 0 Å². The lowest BCUT2D eigenvalue weighted by molar-refractivity contribution is 0.670. The third-order valence-electron chi connectivity index (χ3n) is 10.6. The second kappa shape index (κ2) is 14.2. The van der Waals surface area contributed by atoms with Crippen LogP contribution in [0.4, 0.5) is 0 Å². The predicted octanol–water partition coefficient (Wildman–Crippen LogP) is 12.2. The first-order valence-electron chi connectivity index (χ1n) is 19.1. The van der Waals surface area contributed by atoms with Crippen molar-refractivity contribution in [1.29, 1.82) is 0 Å². The summed E-state index contributed by atoms with van der Waals surface area (Å²) in [6, 6.07) is 35.6. The van der Waals surface area contributed by atoms with E-state index >= 15 is 0 Å². The van der Waals surface area contributed by atoms with Crippen LogP contribution in [0.1, 0.15) is 61.1 Å². The smallest absolute Gasteiger partial charge is 0.163 e. The van der Waals surface area contributed by atoms with Crippen molar-refractivity contribution in [3.8, 4) is 33.9 Å². The van der Waals surface area contributed by atoms with Crippen molar-refractivity contribution in [2.24, 2.45) is 0 Å². The molecular weight excluding hydrogens is 675 g/mol. The summed E-state index contributed by atoms with van der Waals surface area (Å²) in [5.41, 5.74) is 10.8. The van der Waals surface area contributed by atoms with Gasteiger partial charge in [0.2, 0.25) is 0 Å². The minimum absolute atomic E-state index is 0.0981. The summed E-state index contributed by atoms with van der Waals surface area (Å²) in [4.78, 5) is 25.4. The van der Waals surface area contributed by atoms with Crippen LogP contribution in [0, 0.1) is 0 Å². The fourth-order valence-electron chi connectivity index (χ4n) is 7.71. The van der Waals surface area contributed by atoms with Crippen molar-refractivity contribution in [3.63, 3.8) is 0 Å². The zero-order valence-corrected chi connectivity index (χ0v) is 30.3. The number of allylic oxidation sites excluding steroid dienone is 12.